The van der Waals surface area contributed by atoms with Gasteiger partial charge in [-0.3, -0.25) is 14.9 Å². The second-order valence-electron chi connectivity index (χ2n) is 2.99. The Bertz CT molecular complexity index is 478. The molecule has 17 heavy (non-hydrogen) atoms. The van der Waals surface area contributed by atoms with Crippen LogP contribution >= 0.6 is 11.6 Å². The molecule has 0 N–H and O–H groups in total. The molecule has 1 rings (SSSR count). The average molecular weight is 266 g/mol. The Kier molecular flexibility index (Phi) is 3.95. The molecule has 0 heterocycles. The summed E-state index contributed by atoms with van der Waals surface area (Å²) < 4.78 is 27.9. The number of hydrogen-bond donors (Lipinski definition) is 0. The first-order chi connectivity index (χ1) is 7.82. The van der Waals surface area contributed by atoms with Crippen molar-refractivity contribution in [1.82, 2.24) is 0 Å². The number of ketones is 1. The maximum absolute atomic E-state index is 12.0. The number of Topliss-reactive ketones (excluding diaryl/α,β-unsaturated/α-hetero) is 1. The fraction of sp³-hybridized carbons (Fsp3) is 0.222. The molecular weight excluding hydrogens is 260 g/mol. The summed E-state index contributed by atoms with van der Waals surface area (Å²) in [5.74, 6) is -1.14. The molecule has 0 spiro atoms. The van der Waals surface area contributed by atoms with Crippen LogP contribution in [0.4, 0.5) is 14.5 Å². The topological polar surface area (TPSA) is 69.4 Å². The molecule has 5 nitrogen and oxygen atoms in total. The summed E-state index contributed by atoms with van der Waals surface area (Å²) in [7, 11) is 0. The van der Waals surface area contributed by atoms with Crippen molar-refractivity contribution in [2.24, 2.45) is 0 Å². The SMILES string of the molecule is CC(=O)c1cc(Cl)c(OC(F)F)cc1[N+](=O)[O-]. The lowest BCUT2D eigenvalue weighted by molar-refractivity contribution is -0.385. The number of alkyl halides is 2. The minimum Gasteiger partial charge on any atom is -0.433 e. The fourth-order valence-electron chi connectivity index (χ4n) is 1.16. The third-order valence-corrected chi connectivity index (χ3v) is 2.14. The summed E-state index contributed by atoms with van der Waals surface area (Å²) in [6, 6.07) is 1.63. The zero-order valence-electron chi connectivity index (χ0n) is 8.45. The maximum atomic E-state index is 12.0. The molecule has 0 atom stereocenters. The minimum atomic E-state index is -3.16. The van der Waals surface area contributed by atoms with E-state index in [1.54, 1.807) is 0 Å². The van der Waals surface area contributed by atoms with Crippen LogP contribution < -0.4 is 4.74 Å². The van der Waals surface area contributed by atoms with E-state index in [2.05, 4.69) is 4.74 Å². The number of benzene rings is 1. The highest BCUT2D eigenvalue weighted by atomic mass is 35.5. The highest BCUT2D eigenvalue weighted by Crippen LogP contribution is 2.33. The lowest BCUT2D eigenvalue weighted by Crippen LogP contribution is -2.05. The fourth-order valence-corrected chi connectivity index (χ4v) is 1.37. The molecule has 1 aromatic rings. The molecule has 0 bridgehead atoms. The summed E-state index contributed by atoms with van der Waals surface area (Å²) in [6.45, 7) is -2.05. The Morgan fingerprint density at radius 1 is 1.53 bits per heavy atom. The van der Waals surface area contributed by atoms with Crippen molar-refractivity contribution in [1.29, 1.82) is 0 Å². The number of nitro benzene ring substituents is 1. The maximum Gasteiger partial charge on any atom is 0.387 e. The largest absolute Gasteiger partial charge is 0.433 e. The van der Waals surface area contributed by atoms with Gasteiger partial charge >= 0.3 is 6.61 Å². The van der Waals surface area contributed by atoms with Crippen LogP contribution in [0.5, 0.6) is 5.75 Å². The van der Waals surface area contributed by atoms with E-state index in [1.165, 1.54) is 0 Å². The quantitative estimate of drug-likeness (QED) is 0.477. The number of hydrogen-bond acceptors (Lipinski definition) is 4. The number of carbonyl (C=O) groups excluding carboxylic acids is 1. The monoisotopic (exact) mass is 265 g/mol. The Morgan fingerprint density at radius 2 is 2.12 bits per heavy atom. The summed E-state index contributed by atoms with van der Waals surface area (Å²) >= 11 is 5.56. The van der Waals surface area contributed by atoms with E-state index in [1.807, 2.05) is 0 Å². The van der Waals surface area contributed by atoms with Gasteiger partial charge in [0.25, 0.3) is 5.69 Å². The van der Waals surface area contributed by atoms with E-state index in [9.17, 15) is 23.7 Å². The van der Waals surface area contributed by atoms with Crippen molar-refractivity contribution < 1.29 is 23.2 Å². The highest BCUT2D eigenvalue weighted by Gasteiger charge is 2.22. The Morgan fingerprint density at radius 3 is 2.53 bits per heavy atom. The average Bonchev–Trinajstić information content (AvgIpc) is 2.19. The van der Waals surface area contributed by atoms with Gasteiger partial charge in [0.05, 0.1) is 21.6 Å². The Labute approximate surface area is 99.1 Å². The van der Waals surface area contributed by atoms with Crippen molar-refractivity contribution in [2.45, 2.75) is 13.5 Å². The third-order valence-electron chi connectivity index (χ3n) is 1.84. The number of nitrogens with zero attached hydrogens (tertiary/aromatic N) is 1. The molecule has 0 fully saturated rings. The second kappa shape index (κ2) is 5.05. The van der Waals surface area contributed by atoms with Gasteiger partial charge in [-0.05, 0) is 13.0 Å². The molecule has 0 aromatic heterocycles. The van der Waals surface area contributed by atoms with Crippen LogP contribution in [0.15, 0.2) is 12.1 Å². The van der Waals surface area contributed by atoms with Crippen molar-refractivity contribution in [3.05, 3.63) is 32.8 Å². The molecule has 0 aliphatic heterocycles. The lowest BCUT2D eigenvalue weighted by atomic mass is 10.1. The van der Waals surface area contributed by atoms with Gasteiger partial charge in [0.15, 0.2) is 11.5 Å². The number of halogens is 3. The molecular formula is C9H6ClF2NO4. The van der Waals surface area contributed by atoms with Crippen LogP contribution in [0.2, 0.25) is 5.02 Å². The minimum absolute atomic E-state index is 0.262. The molecule has 0 unspecified atom stereocenters. The predicted octanol–water partition coefficient (Wildman–Crippen LogP) is 3.05. The molecule has 1 aromatic carbocycles. The van der Waals surface area contributed by atoms with E-state index in [-0.39, 0.29) is 10.6 Å². The van der Waals surface area contributed by atoms with Crippen molar-refractivity contribution in [2.75, 3.05) is 0 Å². The molecule has 0 aliphatic carbocycles. The van der Waals surface area contributed by atoms with Crippen molar-refractivity contribution >= 4 is 23.1 Å². The van der Waals surface area contributed by atoms with Crippen LogP contribution in [0.25, 0.3) is 0 Å². The van der Waals surface area contributed by atoms with Gasteiger partial charge in [-0.1, -0.05) is 11.6 Å². The van der Waals surface area contributed by atoms with Gasteiger partial charge < -0.3 is 4.74 Å². The van der Waals surface area contributed by atoms with Crippen LogP contribution in [0.3, 0.4) is 0 Å². The highest BCUT2D eigenvalue weighted by molar-refractivity contribution is 6.32. The summed E-state index contributed by atoms with van der Waals surface area (Å²) in [6.07, 6.45) is 0. The molecule has 0 saturated heterocycles. The summed E-state index contributed by atoms with van der Waals surface area (Å²) in [5, 5.41) is 10.4. The smallest absolute Gasteiger partial charge is 0.387 e. The lowest BCUT2D eigenvalue weighted by Gasteiger charge is -2.07. The Balaban J connectivity index is 3.34. The molecule has 0 aliphatic rings. The van der Waals surface area contributed by atoms with Crippen LogP contribution in [0, 0.1) is 10.1 Å². The van der Waals surface area contributed by atoms with E-state index >= 15 is 0 Å². The number of nitro groups is 1. The van der Waals surface area contributed by atoms with Gasteiger partial charge in [-0.15, -0.1) is 0 Å². The zero-order chi connectivity index (χ0) is 13.2. The standard InChI is InChI=1S/C9H6ClF2NO4/c1-4(14)5-2-6(10)8(17-9(11)12)3-7(5)13(15)16/h2-3,9H,1H3. The van der Waals surface area contributed by atoms with Gasteiger partial charge in [-0.25, -0.2) is 0 Å². The summed E-state index contributed by atoms with van der Waals surface area (Å²) in [5.41, 5.74) is -0.890. The molecule has 0 saturated carbocycles. The second-order valence-corrected chi connectivity index (χ2v) is 3.40. The van der Waals surface area contributed by atoms with Crippen LogP contribution in [-0.2, 0) is 0 Å². The van der Waals surface area contributed by atoms with E-state index in [0.29, 0.717) is 6.07 Å². The van der Waals surface area contributed by atoms with Crippen molar-refractivity contribution in [3.63, 3.8) is 0 Å². The van der Waals surface area contributed by atoms with Gasteiger partial charge in [0.2, 0.25) is 0 Å². The van der Waals surface area contributed by atoms with Gasteiger partial charge in [-0.2, -0.15) is 8.78 Å². The normalized spacial score (nSPS) is 10.4. The van der Waals surface area contributed by atoms with E-state index in [4.69, 9.17) is 11.6 Å². The van der Waals surface area contributed by atoms with E-state index in [0.717, 1.165) is 13.0 Å². The predicted molar refractivity (Wildman–Crippen MR) is 54.7 cm³/mol. The molecule has 0 radical (unpaired) electrons. The number of rotatable bonds is 4. The number of carbonyl (C=O) groups is 1. The Hall–Kier alpha value is -1.76. The van der Waals surface area contributed by atoms with Crippen LogP contribution in [0.1, 0.15) is 17.3 Å². The summed E-state index contributed by atoms with van der Waals surface area (Å²) in [4.78, 5) is 20.9. The van der Waals surface area contributed by atoms with E-state index < -0.39 is 28.8 Å². The molecule has 92 valence electrons. The first-order valence-corrected chi connectivity index (χ1v) is 4.64. The van der Waals surface area contributed by atoms with Gasteiger partial charge in [0, 0.05) is 0 Å². The first-order valence-electron chi connectivity index (χ1n) is 4.26. The van der Waals surface area contributed by atoms with Crippen molar-refractivity contribution in [3.8, 4) is 5.75 Å². The zero-order valence-corrected chi connectivity index (χ0v) is 9.20. The first kappa shape index (κ1) is 13.3. The molecule has 8 heteroatoms. The molecule has 0 amide bonds. The number of ether oxygens (including phenoxy) is 1. The van der Waals surface area contributed by atoms with Crippen LogP contribution in [-0.4, -0.2) is 17.3 Å². The third kappa shape index (κ3) is 3.10. The van der Waals surface area contributed by atoms with Gasteiger partial charge in [0.1, 0.15) is 0 Å².